The van der Waals surface area contributed by atoms with Gasteiger partial charge in [0, 0.05) is 25.7 Å². The van der Waals surface area contributed by atoms with Crippen molar-refractivity contribution in [3.8, 4) is 0 Å². The van der Waals surface area contributed by atoms with E-state index in [1.807, 2.05) is 23.1 Å². The lowest BCUT2D eigenvalue weighted by molar-refractivity contribution is -0.121. The minimum Gasteiger partial charge on any atom is -0.335 e. The summed E-state index contributed by atoms with van der Waals surface area (Å²) in [7, 11) is 0. The third kappa shape index (κ3) is 6.24. The van der Waals surface area contributed by atoms with Crippen LogP contribution >= 0.6 is 0 Å². The maximum Gasteiger partial charge on any atom is 0.321 e. The molecule has 1 fully saturated rings. The molecule has 1 saturated carbocycles. The number of hydrogen-bond acceptors (Lipinski definition) is 4. The fraction of sp³-hybridized carbons (Fsp3) is 0.500. The fourth-order valence-electron chi connectivity index (χ4n) is 2.20. The summed E-state index contributed by atoms with van der Waals surface area (Å²) in [5, 5.41) is 5.10. The maximum atomic E-state index is 11.9. The molecule has 0 saturated heterocycles. The van der Waals surface area contributed by atoms with Crippen molar-refractivity contribution in [3.05, 3.63) is 35.9 Å². The number of rotatable bonds is 8. The first-order chi connectivity index (χ1) is 10.7. The van der Waals surface area contributed by atoms with E-state index >= 15 is 0 Å². The predicted molar refractivity (Wildman–Crippen MR) is 85.3 cm³/mol. The molecule has 0 aliphatic heterocycles. The van der Waals surface area contributed by atoms with Gasteiger partial charge in [0.1, 0.15) is 0 Å². The lowest BCUT2D eigenvalue weighted by Gasteiger charge is -2.20. The van der Waals surface area contributed by atoms with Crippen molar-refractivity contribution in [2.45, 2.75) is 25.3 Å². The molecule has 6 nitrogen and oxygen atoms in total. The van der Waals surface area contributed by atoms with Crippen molar-refractivity contribution in [1.29, 1.82) is 0 Å². The topological polar surface area (TPSA) is 87.5 Å². The van der Waals surface area contributed by atoms with Crippen LogP contribution in [0.15, 0.2) is 30.3 Å². The normalized spacial score (nSPS) is 13.9. The van der Waals surface area contributed by atoms with Crippen LogP contribution in [0.3, 0.4) is 0 Å². The monoisotopic (exact) mass is 304 g/mol. The fourth-order valence-corrected chi connectivity index (χ4v) is 2.20. The summed E-state index contributed by atoms with van der Waals surface area (Å²) < 4.78 is 0. The predicted octanol–water partition coefficient (Wildman–Crippen LogP) is 0.478. The number of hydrogen-bond donors (Lipinski definition) is 3. The molecule has 0 heterocycles. The lowest BCUT2D eigenvalue weighted by atomic mass is 10.1. The van der Waals surface area contributed by atoms with Crippen molar-refractivity contribution in [2.75, 3.05) is 26.2 Å². The largest absolute Gasteiger partial charge is 0.335 e. The van der Waals surface area contributed by atoms with Gasteiger partial charge in [-0.1, -0.05) is 30.3 Å². The average molecular weight is 304 g/mol. The molecule has 0 aromatic heterocycles. The van der Waals surface area contributed by atoms with Crippen LogP contribution in [-0.2, 0) is 11.2 Å². The van der Waals surface area contributed by atoms with Crippen LogP contribution in [0.4, 0.5) is 4.79 Å². The van der Waals surface area contributed by atoms with E-state index in [1.54, 1.807) is 0 Å². The van der Waals surface area contributed by atoms with E-state index in [9.17, 15) is 9.59 Å². The second kappa shape index (κ2) is 8.51. The van der Waals surface area contributed by atoms with Gasteiger partial charge < -0.3 is 11.1 Å². The average Bonchev–Trinajstić information content (AvgIpc) is 3.29. The van der Waals surface area contributed by atoms with E-state index in [1.165, 1.54) is 5.56 Å². The van der Waals surface area contributed by atoms with Crippen LogP contribution < -0.4 is 16.4 Å². The van der Waals surface area contributed by atoms with Gasteiger partial charge in [-0.2, -0.15) is 0 Å². The molecule has 0 atom stereocenters. The number of carbonyl (C=O) groups excluding carboxylic acids is 2. The lowest BCUT2D eigenvalue weighted by Crippen LogP contribution is -2.46. The number of amides is 3. The quantitative estimate of drug-likeness (QED) is 0.652. The van der Waals surface area contributed by atoms with E-state index in [0.717, 1.165) is 25.8 Å². The zero-order chi connectivity index (χ0) is 15.8. The molecule has 3 amide bonds. The standard InChI is InChI=1S/C16H24N4O2/c17-9-11-20(10-8-13-4-2-1-3-5-13)12-15(21)19-16(22)18-14-6-7-14/h1-5,14H,6-12,17H2,(H2,18,19,21,22). The van der Waals surface area contributed by atoms with Crippen molar-refractivity contribution in [1.82, 2.24) is 15.5 Å². The van der Waals surface area contributed by atoms with Crippen molar-refractivity contribution < 1.29 is 9.59 Å². The highest BCUT2D eigenvalue weighted by Gasteiger charge is 2.24. The molecule has 0 unspecified atom stereocenters. The van der Waals surface area contributed by atoms with Gasteiger partial charge in [0.25, 0.3) is 0 Å². The van der Waals surface area contributed by atoms with Gasteiger partial charge in [-0.3, -0.25) is 15.0 Å². The number of urea groups is 1. The zero-order valence-corrected chi connectivity index (χ0v) is 12.8. The minimum absolute atomic E-state index is 0.183. The number of carbonyl (C=O) groups is 2. The molecule has 1 aromatic carbocycles. The Balaban J connectivity index is 1.74. The summed E-state index contributed by atoms with van der Waals surface area (Å²) in [6, 6.07) is 9.93. The molecule has 0 bridgehead atoms. The van der Waals surface area contributed by atoms with Crippen LogP contribution in [-0.4, -0.2) is 49.1 Å². The molecular formula is C16H24N4O2. The third-order valence-corrected chi connectivity index (χ3v) is 3.54. The summed E-state index contributed by atoms with van der Waals surface area (Å²) >= 11 is 0. The Morgan fingerprint density at radius 1 is 1.18 bits per heavy atom. The smallest absolute Gasteiger partial charge is 0.321 e. The molecule has 1 aromatic rings. The number of imide groups is 1. The Kier molecular flexibility index (Phi) is 6.36. The van der Waals surface area contributed by atoms with Gasteiger partial charge in [-0.05, 0) is 24.8 Å². The van der Waals surface area contributed by atoms with Gasteiger partial charge >= 0.3 is 6.03 Å². The molecule has 120 valence electrons. The van der Waals surface area contributed by atoms with Crippen LogP contribution in [0.2, 0.25) is 0 Å². The van der Waals surface area contributed by atoms with E-state index in [0.29, 0.717) is 13.1 Å². The molecule has 6 heteroatoms. The summed E-state index contributed by atoms with van der Waals surface area (Å²) in [5.41, 5.74) is 6.82. The first kappa shape index (κ1) is 16.5. The van der Waals surface area contributed by atoms with Crippen LogP contribution in [0.25, 0.3) is 0 Å². The second-order valence-corrected chi connectivity index (χ2v) is 5.60. The Morgan fingerprint density at radius 2 is 1.91 bits per heavy atom. The van der Waals surface area contributed by atoms with Gasteiger partial charge in [0.05, 0.1) is 6.54 Å². The van der Waals surface area contributed by atoms with Crippen LogP contribution in [0, 0.1) is 0 Å². The summed E-state index contributed by atoms with van der Waals surface area (Å²) in [6.45, 7) is 2.03. The van der Waals surface area contributed by atoms with Gasteiger partial charge in [0.2, 0.25) is 5.91 Å². The summed E-state index contributed by atoms with van der Waals surface area (Å²) in [5.74, 6) is -0.292. The first-order valence-corrected chi connectivity index (χ1v) is 7.74. The van der Waals surface area contributed by atoms with Crippen LogP contribution in [0.1, 0.15) is 18.4 Å². The van der Waals surface area contributed by atoms with Crippen molar-refractivity contribution in [3.63, 3.8) is 0 Å². The molecule has 0 spiro atoms. The van der Waals surface area contributed by atoms with E-state index in [2.05, 4.69) is 22.8 Å². The highest BCUT2D eigenvalue weighted by atomic mass is 16.2. The van der Waals surface area contributed by atoms with Gasteiger partial charge in [-0.25, -0.2) is 4.79 Å². The SMILES string of the molecule is NCCN(CCc1ccccc1)CC(=O)NC(=O)NC1CC1. The molecule has 1 aliphatic carbocycles. The highest BCUT2D eigenvalue weighted by molar-refractivity contribution is 5.95. The zero-order valence-electron chi connectivity index (χ0n) is 12.8. The number of nitrogens with one attached hydrogen (secondary N) is 2. The molecule has 22 heavy (non-hydrogen) atoms. The molecule has 4 N–H and O–H groups in total. The number of nitrogens with zero attached hydrogens (tertiary/aromatic N) is 1. The van der Waals surface area contributed by atoms with Gasteiger partial charge in [-0.15, -0.1) is 0 Å². The molecule has 2 rings (SSSR count). The molecule has 1 aliphatic rings. The Hall–Kier alpha value is -1.92. The molecule has 0 radical (unpaired) electrons. The third-order valence-electron chi connectivity index (χ3n) is 3.54. The Morgan fingerprint density at radius 3 is 2.55 bits per heavy atom. The van der Waals surface area contributed by atoms with E-state index < -0.39 is 6.03 Å². The summed E-state index contributed by atoms with van der Waals surface area (Å²) in [6.07, 6.45) is 2.85. The van der Waals surface area contributed by atoms with E-state index in [-0.39, 0.29) is 18.5 Å². The Bertz CT molecular complexity index is 488. The van der Waals surface area contributed by atoms with Crippen LogP contribution in [0.5, 0.6) is 0 Å². The van der Waals surface area contributed by atoms with Crippen molar-refractivity contribution in [2.24, 2.45) is 5.73 Å². The van der Waals surface area contributed by atoms with E-state index in [4.69, 9.17) is 5.73 Å². The highest BCUT2D eigenvalue weighted by Crippen LogP contribution is 2.18. The summed E-state index contributed by atoms with van der Waals surface area (Å²) in [4.78, 5) is 25.4. The molecular weight excluding hydrogens is 280 g/mol. The number of nitrogens with two attached hydrogens (primary N) is 1. The van der Waals surface area contributed by atoms with Gasteiger partial charge in [0.15, 0.2) is 0 Å². The number of benzene rings is 1. The van der Waals surface area contributed by atoms with Crippen molar-refractivity contribution >= 4 is 11.9 Å². The Labute approximate surface area is 131 Å². The first-order valence-electron chi connectivity index (χ1n) is 7.74. The second-order valence-electron chi connectivity index (χ2n) is 5.60. The maximum absolute atomic E-state index is 11.9. The minimum atomic E-state index is -0.400.